The summed E-state index contributed by atoms with van der Waals surface area (Å²) < 4.78 is 21.4. The van der Waals surface area contributed by atoms with Gasteiger partial charge in [-0.05, 0) is 0 Å². The Morgan fingerprint density at radius 3 is 2.59 bits per heavy atom. The highest BCUT2D eigenvalue weighted by molar-refractivity contribution is 8.41. The largest absolute Gasteiger partial charge is 0.433 e. The molecule has 0 saturated carbocycles. The van der Waals surface area contributed by atoms with Crippen LogP contribution in [0.2, 0.25) is 0 Å². The molecule has 0 spiro atoms. The minimum absolute atomic E-state index is 0.0989. The summed E-state index contributed by atoms with van der Waals surface area (Å²) in [6.07, 6.45) is -1.07. The monoisotopic (exact) mass is 318 g/mol. The zero-order chi connectivity index (χ0) is 13.0. The van der Waals surface area contributed by atoms with Gasteiger partial charge in [0.05, 0.1) is 20.2 Å². The highest BCUT2D eigenvalue weighted by Gasteiger charge is 2.44. The number of esters is 1. The summed E-state index contributed by atoms with van der Waals surface area (Å²) in [7, 11) is 6.77. The van der Waals surface area contributed by atoms with Gasteiger partial charge in [0.15, 0.2) is 0 Å². The van der Waals surface area contributed by atoms with Crippen molar-refractivity contribution in [1.82, 2.24) is 0 Å². The number of rotatable bonds is 5. The van der Waals surface area contributed by atoms with Crippen molar-refractivity contribution in [2.45, 2.75) is 32.3 Å². The van der Waals surface area contributed by atoms with Crippen LogP contribution < -0.4 is 0 Å². The summed E-state index contributed by atoms with van der Waals surface area (Å²) in [5.41, 5.74) is 0. The van der Waals surface area contributed by atoms with E-state index in [0.29, 0.717) is 6.61 Å². The topological polar surface area (TPSA) is 54.0 Å². The average molecular weight is 318 g/mol. The smallest absolute Gasteiger partial charge is 0.305 e. The lowest BCUT2D eigenvalue weighted by molar-refractivity contribution is -0.184. The van der Waals surface area contributed by atoms with Crippen molar-refractivity contribution in [2.24, 2.45) is 5.92 Å². The first-order valence-corrected chi connectivity index (χ1v) is 10.0. The van der Waals surface area contributed by atoms with E-state index in [0.717, 1.165) is 0 Å². The summed E-state index contributed by atoms with van der Waals surface area (Å²) in [6, 6.07) is 0. The van der Waals surface area contributed by atoms with Crippen LogP contribution in [0.25, 0.3) is 0 Å². The van der Waals surface area contributed by atoms with Crippen LogP contribution in [0.4, 0.5) is 0 Å². The molecule has 3 unspecified atom stereocenters. The van der Waals surface area contributed by atoms with Crippen molar-refractivity contribution in [3.63, 3.8) is 0 Å². The Morgan fingerprint density at radius 1 is 1.47 bits per heavy atom. The van der Waals surface area contributed by atoms with Crippen molar-refractivity contribution >= 4 is 40.8 Å². The Morgan fingerprint density at radius 2 is 2.12 bits per heavy atom. The third-order valence-corrected chi connectivity index (χ3v) is 4.16. The fourth-order valence-electron chi connectivity index (χ4n) is 1.63. The lowest BCUT2D eigenvalue weighted by Crippen LogP contribution is -2.30. The molecule has 0 N–H and O–H groups in total. The molecule has 5 nitrogen and oxygen atoms in total. The number of ether oxygens (including phenoxy) is 2. The third kappa shape index (κ3) is 4.92. The molecular formula is C8H18O5P4. The number of hydrogen-bond donors (Lipinski definition) is 0. The minimum Gasteiger partial charge on any atom is -0.433 e. The van der Waals surface area contributed by atoms with Crippen molar-refractivity contribution in [2.75, 3.05) is 6.61 Å². The van der Waals surface area contributed by atoms with Gasteiger partial charge in [-0.1, -0.05) is 24.8 Å². The van der Waals surface area contributed by atoms with Crippen molar-refractivity contribution in [3.05, 3.63) is 0 Å². The molecule has 1 heterocycles. The van der Waals surface area contributed by atoms with E-state index in [2.05, 4.69) is 27.3 Å². The first kappa shape index (κ1) is 16.1. The molecule has 17 heavy (non-hydrogen) atoms. The molecule has 1 rings (SSSR count). The highest BCUT2D eigenvalue weighted by atomic mass is 32.4. The molecule has 0 aromatic rings. The molecule has 0 bridgehead atoms. The maximum Gasteiger partial charge on any atom is 0.305 e. The summed E-state index contributed by atoms with van der Waals surface area (Å²) in [5, 5.41) is 0. The average Bonchev–Trinajstić information content (AvgIpc) is 2.51. The summed E-state index contributed by atoms with van der Waals surface area (Å²) in [4.78, 5) is 10.9. The van der Waals surface area contributed by atoms with E-state index in [4.69, 9.17) is 18.5 Å². The van der Waals surface area contributed by atoms with Crippen LogP contribution in [0, 0.1) is 5.92 Å². The van der Waals surface area contributed by atoms with E-state index in [1.807, 2.05) is 6.92 Å². The Bertz CT molecular complexity index is 264. The maximum atomic E-state index is 10.9. The van der Waals surface area contributed by atoms with Gasteiger partial charge >= 0.3 is 5.97 Å². The number of hydrogen-bond acceptors (Lipinski definition) is 5. The Balaban J connectivity index is 2.55. The van der Waals surface area contributed by atoms with Crippen LogP contribution >= 0.6 is 34.8 Å². The van der Waals surface area contributed by atoms with E-state index in [1.54, 1.807) is 0 Å². The first-order chi connectivity index (χ1) is 7.95. The normalized spacial score (nSPS) is 33.1. The van der Waals surface area contributed by atoms with Crippen LogP contribution in [0.3, 0.4) is 0 Å². The molecule has 1 aliphatic rings. The second kappa shape index (κ2) is 7.61. The van der Waals surface area contributed by atoms with E-state index >= 15 is 0 Å². The lowest BCUT2D eigenvalue weighted by Gasteiger charge is -2.18. The van der Waals surface area contributed by atoms with Gasteiger partial charge in [0.25, 0.3) is 0 Å². The lowest BCUT2D eigenvalue weighted by atomic mass is 10.0. The fourth-order valence-corrected chi connectivity index (χ4v) is 2.84. The predicted octanol–water partition coefficient (Wildman–Crippen LogP) is 2.08. The van der Waals surface area contributed by atoms with Gasteiger partial charge in [-0.15, -0.1) is 0 Å². The second-order valence-corrected chi connectivity index (χ2v) is 9.86. The van der Waals surface area contributed by atoms with Crippen molar-refractivity contribution in [1.29, 1.82) is 0 Å². The van der Waals surface area contributed by atoms with Gasteiger partial charge in [-0.3, -0.25) is 4.79 Å². The molecule has 0 aromatic heterocycles. The summed E-state index contributed by atoms with van der Waals surface area (Å²) in [6.45, 7) is 3.80. The number of carbonyl (C=O) groups is 1. The zero-order valence-electron chi connectivity index (χ0n) is 9.74. The van der Waals surface area contributed by atoms with Gasteiger partial charge < -0.3 is 18.5 Å². The van der Waals surface area contributed by atoms with Crippen LogP contribution in [-0.4, -0.2) is 31.1 Å². The van der Waals surface area contributed by atoms with Gasteiger partial charge in [0.2, 0.25) is 6.29 Å². The standard InChI is InChI=1S/C8H18O5P4/c1-4-6(3-10-17(15)16)12-8(7(4)13-14)11-5(2)9/h4,6-8H,3,14-16H2,1-2H3/t4-,6-,7-,8-/m1/s1. The van der Waals surface area contributed by atoms with Crippen LogP contribution in [0.1, 0.15) is 13.8 Å². The molecule has 0 amide bonds. The molecule has 0 aliphatic carbocycles. The van der Waals surface area contributed by atoms with E-state index in [-0.39, 0.29) is 24.1 Å². The first-order valence-electron chi connectivity index (χ1n) is 5.06. The molecule has 1 saturated heterocycles. The van der Waals surface area contributed by atoms with Crippen molar-refractivity contribution in [3.8, 4) is 0 Å². The second-order valence-electron chi connectivity index (χ2n) is 3.77. The Labute approximate surface area is 109 Å². The number of carbonyl (C=O) groups excluding carboxylic acids is 1. The molecule has 9 heteroatoms. The molecule has 1 fully saturated rings. The van der Waals surface area contributed by atoms with Gasteiger partial charge in [-0.2, -0.15) is 0 Å². The van der Waals surface area contributed by atoms with Crippen LogP contribution in [-0.2, 0) is 23.3 Å². The Hall–Kier alpha value is 1.07. The van der Waals surface area contributed by atoms with Gasteiger partial charge in [-0.25, -0.2) is 0 Å². The predicted molar refractivity (Wildman–Crippen MR) is 76.5 cm³/mol. The molecule has 1 aliphatic heterocycles. The van der Waals surface area contributed by atoms with E-state index < -0.39 is 13.8 Å². The minimum atomic E-state index is -0.658. The molecule has 0 aromatic carbocycles. The van der Waals surface area contributed by atoms with Gasteiger partial charge in [0.1, 0.15) is 6.10 Å². The maximum absolute atomic E-state index is 10.9. The SMILES string of the molecule is CC(=O)O[C@@H]1O[C@H](COP(P)P)[C@@H](C)[C@H]1OP. The van der Waals surface area contributed by atoms with Crippen molar-refractivity contribution < 1.29 is 23.3 Å². The van der Waals surface area contributed by atoms with E-state index in [9.17, 15) is 4.79 Å². The van der Waals surface area contributed by atoms with Crippen LogP contribution in [0.5, 0.6) is 0 Å². The zero-order valence-corrected chi connectivity index (χ0v) is 14.1. The summed E-state index contributed by atoms with van der Waals surface area (Å²) >= 11 is 0. The highest BCUT2D eigenvalue weighted by Crippen LogP contribution is 2.54. The van der Waals surface area contributed by atoms with Crippen LogP contribution in [0.15, 0.2) is 0 Å². The third-order valence-electron chi connectivity index (χ3n) is 2.51. The fraction of sp³-hybridized carbons (Fsp3) is 0.875. The molecular weight excluding hydrogens is 300 g/mol. The van der Waals surface area contributed by atoms with Gasteiger partial charge in [0, 0.05) is 22.3 Å². The summed E-state index contributed by atoms with van der Waals surface area (Å²) in [5.74, 6) is -0.281. The van der Waals surface area contributed by atoms with E-state index in [1.165, 1.54) is 6.92 Å². The molecule has 0 radical (unpaired) electrons. The Kier molecular flexibility index (Phi) is 7.22. The molecule has 100 valence electrons. The quantitative estimate of drug-likeness (QED) is 0.574. The molecule has 7 atom stereocenters.